The first-order chi connectivity index (χ1) is 7.99. The predicted octanol–water partition coefficient (Wildman–Crippen LogP) is 1.80. The number of carbonyl (C=O) groups is 2. The summed E-state index contributed by atoms with van der Waals surface area (Å²) in [6.07, 6.45) is 1.45. The van der Waals surface area contributed by atoms with E-state index in [0.717, 1.165) is 17.3 Å². The Labute approximate surface area is 108 Å². The number of aromatic nitrogens is 1. The van der Waals surface area contributed by atoms with Gasteiger partial charge in [0.05, 0.1) is 23.4 Å². The second kappa shape index (κ2) is 6.46. The van der Waals surface area contributed by atoms with Crippen LogP contribution in [0, 0.1) is 6.92 Å². The summed E-state index contributed by atoms with van der Waals surface area (Å²) in [5, 5.41) is 11.4. The summed E-state index contributed by atoms with van der Waals surface area (Å²) >= 11 is 6.78. The van der Waals surface area contributed by atoms with Crippen molar-refractivity contribution < 1.29 is 14.7 Å². The fourth-order valence-corrected chi connectivity index (χ4v) is 1.69. The molecule has 2 N–H and O–H groups in total. The molecule has 1 aromatic rings. The average Bonchev–Trinajstić information content (AvgIpc) is 2.23. The van der Waals surface area contributed by atoms with Crippen LogP contribution in [0.5, 0.6) is 0 Å². The molecule has 1 amide bonds. The molecule has 1 aromatic heterocycles. The first-order valence-corrected chi connectivity index (χ1v) is 6.24. The number of hydrogen-bond acceptors (Lipinski definition) is 4. The number of nitrogens with one attached hydrogen (secondary N) is 1. The first-order valence-electron chi connectivity index (χ1n) is 4.70. The summed E-state index contributed by atoms with van der Waals surface area (Å²) in [6.45, 7) is 1.78. The smallest absolute Gasteiger partial charge is 0.313 e. The molecule has 92 valence electrons. The minimum absolute atomic E-state index is 0.0912. The number of thioether (sulfide) groups is 1. The van der Waals surface area contributed by atoms with Gasteiger partial charge in [-0.3, -0.25) is 9.59 Å². The van der Waals surface area contributed by atoms with E-state index in [1.54, 1.807) is 13.0 Å². The van der Waals surface area contributed by atoms with Crippen LogP contribution in [0.3, 0.4) is 0 Å². The third-order valence-corrected chi connectivity index (χ3v) is 3.07. The lowest BCUT2D eigenvalue weighted by atomic mass is 10.3. The first kappa shape index (κ1) is 13.8. The summed E-state index contributed by atoms with van der Waals surface area (Å²) in [4.78, 5) is 25.5. The Bertz CT molecular complexity index is 440. The van der Waals surface area contributed by atoms with Crippen molar-refractivity contribution in [1.29, 1.82) is 0 Å². The lowest BCUT2D eigenvalue weighted by Gasteiger charge is -2.05. The van der Waals surface area contributed by atoms with Gasteiger partial charge in [-0.1, -0.05) is 11.6 Å². The van der Waals surface area contributed by atoms with Crippen LogP contribution in [0.4, 0.5) is 5.69 Å². The molecule has 1 rings (SSSR count). The predicted molar refractivity (Wildman–Crippen MR) is 67.6 cm³/mol. The number of rotatable bonds is 5. The number of hydrogen-bond donors (Lipinski definition) is 2. The summed E-state index contributed by atoms with van der Waals surface area (Å²) in [6, 6.07) is 1.70. The van der Waals surface area contributed by atoms with E-state index in [-0.39, 0.29) is 17.4 Å². The second-order valence-electron chi connectivity index (χ2n) is 3.27. The Balaban J connectivity index is 2.45. The Morgan fingerprint density at radius 3 is 2.82 bits per heavy atom. The van der Waals surface area contributed by atoms with Gasteiger partial charge in [-0.15, -0.1) is 11.8 Å². The van der Waals surface area contributed by atoms with Gasteiger partial charge >= 0.3 is 5.97 Å². The molecular weight excluding hydrogens is 264 g/mol. The average molecular weight is 275 g/mol. The molecule has 0 unspecified atom stereocenters. The van der Waals surface area contributed by atoms with Gasteiger partial charge in [0.1, 0.15) is 5.15 Å². The number of anilines is 1. The zero-order valence-corrected chi connectivity index (χ0v) is 10.6. The Morgan fingerprint density at radius 1 is 1.53 bits per heavy atom. The standard InChI is InChI=1S/C10H11ClN2O3S/c1-6-2-7(3-12-10(6)11)13-8(14)4-17-5-9(15)16/h2-3H,4-5H2,1H3,(H,13,14)(H,15,16). The van der Waals surface area contributed by atoms with Gasteiger partial charge in [-0.05, 0) is 18.6 Å². The molecular formula is C10H11ClN2O3S. The minimum Gasteiger partial charge on any atom is -0.481 e. The molecule has 0 atom stereocenters. The van der Waals surface area contributed by atoms with Crippen molar-refractivity contribution in [2.45, 2.75) is 6.92 Å². The van der Waals surface area contributed by atoms with Gasteiger partial charge in [0.25, 0.3) is 0 Å². The summed E-state index contributed by atoms with van der Waals surface area (Å²) in [7, 11) is 0. The van der Waals surface area contributed by atoms with Crippen LogP contribution in [0.1, 0.15) is 5.56 Å². The molecule has 0 saturated heterocycles. The van der Waals surface area contributed by atoms with E-state index in [9.17, 15) is 9.59 Å². The number of nitrogens with zero attached hydrogens (tertiary/aromatic N) is 1. The normalized spacial score (nSPS) is 10.0. The fourth-order valence-electron chi connectivity index (χ4n) is 1.05. The molecule has 0 radical (unpaired) electrons. The SMILES string of the molecule is Cc1cc(NC(=O)CSCC(=O)O)cnc1Cl. The molecule has 5 nitrogen and oxygen atoms in total. The summed E-state index contributed by atoms with van der Waals surface area (Å²) in [5.41, 5.74) is 1.32. The highest BCUT2D eigenvalue weighted by Gasteiger charge is 2.06. The lowest BCUT2D eigenvalue weighted by Crippen LogP contribution is -2.15. The van der Waals surface area contributed by atoms with Crippen LogP contribution in [-0.4, -0.2) is 33.5 Å². The van der Waals surface area contributed by atoms with Gasteiger partial charge in [0, 0.05) is 0 Å². The van der Waals surface area contributed by atoms with E-state index >= 15 is 0 Å². The fraction of sp³-hybridized carbons (Fsp3) is 0.300. The minimum atomic E-state index is -0.938. The maximum Gasteiger partial charge on any atom is 0.313 e. The van der Waals surface area contributed by atoms with E-state index in [0.29, 0.717) is 10.8 Å². The van der Waals surface area contributed by atoms with Crippen LogP contribution in [0.2, 0.25) is 5.15 Å². The van der Waals surface area contributed by atoms with Gasteiger partial charge in [-0.2, -0.15) is 0 Å². The molecule has 17 heavy (non-hydrogen) atoms. The molecule has 0 aliphatic rings. The molecule has 0 saturated carbocycles. The monoisotopic (exact) mass is 274 g/mol. The van der Waals surface area contributed by atoms with Gasteiger partial charge < -0.3 is 10.4 Å². The third kappa shape index (κ3) is 5.06. The maximum absolute atomic E-state index is 11.4. The molecule has 0 aromatic carbocycles. The van der Waals surface area contributed by atoms with Crippen molar-refractivity contribution in [3.05, 3.63) is 23.0 Å². The molecule has 0 fully saturated rings. The summed E-state index contributed by atoms with van der Waals surface area (Å²) in [5.74, 6) is -1.20. The third-order valence-electron chi connectivity index (χ3n) is 1.76. The van der Waals surface area contributed by atoms with Crippen LogP contribution >= 0.6 is 23.4 Å². The van der Waals surface area contributed by atoms with Crippen molar-refractivity contribution in [2.75, 3.05) is 16.8 Å². The highest BCUT2D eigenvalue weighted by molar-refractivity contribution is 8.00. The summed E-state index contributed by atoms with van der Waals surface area (Å²) < 4.78 is 0. The number of pyridine rings is 1. The Hall–Kier alpha value is -1.27. The van der Waals surface area contributed by atoms with Crippen molar-refractivity contribution >= 4 is 40.9 Å². The van der Waals surface area contributed by atoms with Gasteiger partial charge in [0.15, 0.2) is 0 Å². The molecule has 0 spiro atoms. The van der Waals surface area contributed by atoms with Gasteiger partial charge in [-0.25, -0.2) is 4.98 Å². The number of amides is 1. The molecule has 0 aliphatic heterocycles. The second-order valence-corrected chi connectivity index (χ2v) is 4.61. The van der Waals surface area contributed by atoms with Crippen molar-refractivity contribution in [1.82, 2.24) is 4.98 Å². The number of carbonyl (C=O) groups excluding carboxylic acids is 1. The van der Waals surface area contributed by atoms with Crippen LogP contribution in [0.25, 0.3) is 0 Å². The maximum atomic E-state index is 11.4. The van der Waals surface area contributed by atoms with Crippen molar-refractivity contribution in [3.8, 4) is 0 Å². The zero-order valence-electron chi connectivity index (χ0n) is 9.07. The van der Waals surface area contributed by atoms with E-state index in [1.165, 1.54) is 6.20 Å². The van der Waals surface area contributed by atoms with Crippen molar-refractivity contribution in [3.63, 3.8) is 0 Å². The number of carboxylic acids is 1. The number of halogens is 1. The van der Waals surface area contributed by atoms with Crippen LogP contribution in [-0.2, 0) is 9.59 Å². The highest BCUT2D eigenvalue weighted by Crippen LogP contribution is 2.16. The molecule has 0 bridgehead atoms. The topological polar surface area (TPSA) is 79.3 Å². The Kier molecular flexibility index (Phi) is 5.24. The van der Waals surface area contributed by atoms with E-state index in [4.69, 9.17) is 16.7 Å². The quantitative estimate of drug-likeness (QED) is 0.801. The van der Waals surface area contributed by atoms with Crippen LogP contribution in [0.15, 0.2) is 12.3 Å². The highest BCUT2D eigenvalue weighted by atomic mass is 35.5. The molecule has 0 aliphatic carbocycles. The zero-order chi connectivity index (χ0) is 12.8. The Morgan fingerprint density at radius 2 is 2.24 bits per heavy atom. The van der Waals surface area contributed by atoms with E-state index in [2.05, 4.69) is 10.3 Å². The number of carboxylic acid groups (broad SMARTS) is 1. The van der Waals surface area contributed by atoms with E-state index in [1.807, 2.05) is 0 Å². The van der Waals surface area contributed by atoms with Gasteiger partial charge in [0.2, 0.25) is 5.91 Å². The molecule has 7 heteroatoms. The lowest BCUT2D eigenvalue weighted by molar-refractivity contribution is -0.133. The number of aliphatic carboxylic acids is 1. The van der Waals surface area contributed by atoms with Crippen LogP contribution < -0.4 is 5.32 Å². The molecule has 1 heterocycles. The van der Waals surface area contributed by atoms with Crippen molar-refractivity contribution in [2.24, 2.45) is 0 Å². The number of aryl methyl sites for hydroxylation is 1. The van der Waals surface area contributed by atoms with E-state index < -0.39 is 5.97 Å². The largest absolute Gasteiger partial charge is 0.481 e.